The second-order valence-corrected chi connectivity index (χ2v) is 6.83. The zero-order chi connectivity index (χ0) is 15.9. The molecule has 0 spiro atoms. The second kappa shape index (κ2) is 5.51. The molecule has 0 aromatic heterocycles. The Morgan fingerprint density at radius 2 is 2.27 bits per heavy atom. The van der Waals surface area contributed by atoms with Crippen LogP contribution < -0.4 is 5.73 Å². The maximum Gasteiger partial charge on any atom is 0.248 e. The lowest BCUT2D eigenvalue weighted by Gasteiger charge is -2.44. The van der Waals surface area contributed by atoms with E-state index in [1.54, 1.807) is 6.08 Å². The van der Waals surface area contributed by atoms with Gasteiger partial charge in [-0.2, -0.15) is 0 Å². The highest BCUT2D eigenvalue weighted by Gasteiger charge is 2.40. The molecule has 0 saturated heterocycles. The minimum absolute atomic E-state index is 0.263. The minimum atomic E-state index is -0.672. The van der Waals surface area contributed by atoms with Gasteiger partial charge in [0.1, 0.15) is 5.83 Å². The highest BCUT2D eigenvalue weighted by atomic mass is 19.1. The van der Waals surface area contributed by atoms with Gasteiger partial charge in [-0.3, -0.25) is 9.69 Å². The van der Waals surface area contributed by atoms with Crippen LogP contribution in [0.2, 0.25) is 0 Å². The van der Waals surface area contributed by atoms with Gasteiger partial charge in [-0.25, -0.2) is 4.39 Å². The molecule has 1 heterocycles. The largest absolute Gasteiger partial charge is 0.366 e. The maximum atomic E-state index is 14.7. The molecule has 0 bridgehead atoms. The van der Waals surface area contributed by atoms with Crippen LogP contribution in [0, 0.1) is 5.92 Å². The van der Waals surface area contributed by atoms with Gasteiger partial charge in [-0.15, -0.1) is 0 Å². The number of rotatable bonds is 2. The van der Waals surface area contributed by atoms with Gasteiger partial charge in [0.15, 0.2) is 0 Å². The maximum absolute atomic E-state index is 14.7. The third-order valence-electron chi connectivity index (χ3n) is 5.19. The van der Waals surface area contributed by atoms with Crippen LogP contribution in [0.15, 0.2) is 46.9 Å². The number of nitrogens with two attached hydrogens (primary N) is 1. The third-order valence-corrected chi connectivity index (χ3v) is 5.19. The lowest BCUT2D eigenvalue weighted by atomic mass is 9.82. The number of amides is 1. The van der Waals surface area contributed by atoms with Gasteiger partial charge in [-0.05, 0) is 43.8 Å². The molecule has 4 heteroatoms. The lowest BCUT2D eigenvalue weighted by Crippen LogP contribution is -2.50. The smallest absolute Gasteiger partial charge is 0.248 e. The molecule has 0 radical (unpaired) electrons. The summed E-state index contributed by atoms with van der Waals surface area (Å²) >= 11 is 0. The summed E-state index contributed by atoms with van der Waals surface area (Å²) in [7, 11) is 0. The zero-order valence-corrected chi connectivity index (χ0v) is 13.2. The van der Waals surface area contributed by atoms with Crippen molar-refractivity contribution >= 4 is 5.91 Å². The predicted octanol–water partition coefficient (Wildman–Crippen LogP) is 3.01. The Bertz CT molecular complexity index is 629. The highest BCUT2D eigenvalue weighted by Crippen LogP contribution is 2.39. The van der Waals surface area contributed by atoms with Crippen molar-refractivity contribution in [3.05, 3.63) is 46.9 Å². The van der Waals surface area contributed by atoms with Gasteiger partial charge in [0, 0.05) is 18.7 Å². The van der Waals surface area contributed by atoms with Gasteiger partial charge < -0.3 is 5.73 Å². The Labute approximate surface area is 131 Å². The van der Waals surface area contributed by atoms with E-state index in [1.165, 1.54) is 17.2 Å². The number of hydrogen-bond donors (Lipinski definition) is 1. The van der Waals surface area contributed by atoms with Crippen LogP contribution in [-0.2, 0) is 4.79 Å². The lowest BCUT2D eigenvalue weighted by molar-refractivity contribution is -0.114. The number of nitrogens with zero attached hydrogens (tertiary/aromatic N) is 1. The van der Waals surface area contributed by atoms with Crippen molar-refractivity contribution in [2.45, 2.75) is 38.6 Å². The Morgan fingerprint density at radius 3 is 2.95 bits per heavy atom. The quantitative estimate of drug-likeness (QED) is 0.852. The molecule has 0 fully saturated rings. The predicted molar refractivity (Wildman–Crippen MR) is 85.6 cm³/mol. The van der Waals surface area contributed by atoms with E-state index < -0.39 is 11.4 Å². The molecular formula is C18H23FN2O. The molecule has 3 rings (SSSR count). The van der Waals surface area contributed by atoms with Crippen molar-refractivity contribution in [1.29, 1.82) is 0 Å². The van der Waals surface area contributed by atoms with Crippen molar-refractivity contribution in [3.63, 3.8) is 0 Å². The Kier molecular flexibility index (Phi) is 3.81. The molecule has 0 saturated carbocycles. The molecule has 3 aliphatic rings. The average Bonchev–Trinajstić information content (AvgIpc) is 2.49. The van der Waals surface area contributed by atoms with E-state index in [1.807, 2.05) is 6.92 Å². The molecule has 2 atom stereocenters. The van der Waals surface area contributed by atoms with Crippen LogP contribution in [0.4, 0.5) is 4.39 Å². The van der Waals surface area contributed by atoms with E-state index in [4.69, 9.17) is 5.73 Å². The van der Waals surface area contributed by atoms with E-state index in [2.05, 4.69) is 24.0 Å². The number of allylic oxidation sites excluding steroid dienone is 1. The summed E-state index contributed by atoms with van der Waals surface area (Å²) in [5.74, 6) is -0.223. The Hall–Kier alpha value is -1.68. The van der Waals surface area contributed by atoms with Crippen LogP contribution in [0.1, 0.15) is 33.1 Å². The van der Waals surface area contributed by atoms with E-state index in [0.717, 1.165) is 25.9 Å². The standard InChI is InChI=1S/C18H23FN2O/c1-12-3-4-15-11-21(8-6-13(15)9-12)18(2)7-5-14(17(20)22)10-16(18)19/h3-5,10,12H,6-9,11H2,1-2H3,(H2,20,22). The van der Waals surface area contributed by atoms with Crippen LogP contribution in [0.5, 0.6) is 0 Å². The van der Waals surface area contributed by atoms with Gasteiger partial charge in [0.05, 0.1) is 5.54 Å². The third kappa shape index (κ3) is 2.56. The molecular weight excluding hydrogens is 279 g/mol. The van der Waals surface area contributed by atoms with Crippen LogP contribution in [0.3, 0.4) is 0 Å². The molecule has 22 heavy (non-hydrogen) atoms. The average molecular weight is 302 g/mol. The van der Waals surface area contributed by atoms with Gasteiger partial charge in [0.2, 0.25) is 5.91 Å². The molecule has 0 aromatic carbocycles. The van der Waals surface area contributed by atoms with E-state index in [-0.39, 0.29) is 11.4 Å². The Balaban J connectivity index is 1.80. The first-order valence-corrected chi connectivity index (χ1v) is 7.92. The summed E-state index contributed by atoms with van der Waals surface area (Å²) in [5.41, 5.74) is 7.71. The first-order chi connectivity index (χ1) is 10.4. The molecule has 0 aromatic rings. The summed E-state index contributed by atoms with van der Waals surface area (Å²) in [6.07, 6.45) is 10.1. The first kappa shape index (κ1) is 15.2. The number of hydrogen-bond acceptors (Lipinski definition) is 2. The summed E-state index contributed by atoms with van der Waals surface area (Å²) in [4.78, 5) is 13.4. The van der Waals surface area contributed by atoms with E-state index in [9.17, 15) is 9.18 Å². The van der Waals surface area contributed by atoms with Gasteiger partial charge in [-0.1, -0.05) is 30.7 Å². The van der Waals surface area contributed by atoms with Crippen molar-refractivity contribution in [3.8, 4) is 0 Å². The molecule has 2 unspecified atom stereocenters. The monoisotopic (exact) mass is 302 g/mol. The fraction of sp³-hybridized carbons (Fsp3) is 0.500. The Morgan fingerprint density at radius 1 is 1.50 bits per heavy atom. The summed E-state index contributed by atoms with van der Waals surface area (Å²) < 4.78 is 14.7. The zero-order valence-electron chi connectivity index (χ0n) is 13.2. The summed E-state index contributed by atoms with van der Waals surface area (Å²) in [5, 5.41) is 0. The SMILES string of the molecule is CC1C=CC2=C(CCN(C3(C)CC=C(C(N)=O)C=C3F)C2)C1. The van der Waals surface area contributed by atoms with E-state index in [0.29, 0.717) is 12.3 Å². The molecule has 3 nitrogen and oxygen atoms in total. The molecule has 1 amide bonds. The van der Waals surface area contributed by atoms with E-state index >= 15 is 0 Å². The van der Waals surface area contributed by atoms with Crippen LogP contribution in [0.25, 0.3) is 0 Å². The van der Waals surface area contributed by atoms with Crippen molar-refractivity contribution in [1.82, 2.24) is 4.90 Å². The normalized spacial score (nSPS) is 32.4. The van der Waals surface area contributed by atoms with Gasteiger partial charge >= 0.3 is 0 Å². The van der Waals surface area contributed by atoms with Crippen molar-refractivity contribution < 1.29 is 9.18 Å². The number of carbonyl (C=O) groups excluding carboxylic acids is 1. The molecule has 1 aliphatic heterocycles. The highest BCUT2D eigenvalue weighted by molar-refractivity contribution is 5.95. The topological polar surface area (TPSA) is 46.3 Å². The fourth-order valence-corrected chi connectivity index (χ4v) is 3.60. The first-order valence-electron chi connectivity index (χ1n) is 7.92. The molecule has 2 N–H and O–H groups in total. The molecule has 118 valence electrons. The minimum Gasteiger partial charge on any atom is -0.366 e. The van der Waals surface area contributed by atoms with Crippen LogP contribution >= 0.6 is 0 Å². The molecule has 2 aliphatic carbocycles. The number of carbonyl (C=O) groups is 1. The number of primary amides is 1. The van der Waals surface area contributed by atoms with Crippen molar-refractivity contribution in [2.24, 2.45) is 11.7 Å². The van der Waals surface area contributed by atoms with Gasteiger partial charge in [0.25, 0.3) is 0 Å². The van der Waals surface area contributed by atoms with Crippen LogP contribution in [-0.4, -0.2) is 29.4 Å². The second-order valence-electron chi connectivity index (χ2n) is 6.83. The summed E-state index contributed by atoms with van der Waals surface area (Å²) in [6, 6.07) is 0. The number of halogens is 1. The van der Waals surface area contributed by atoms with Crippen molar-refractivity contribution in [2.75, 3.05) is 13.1 Å². The summed E-state index contributed by atoms with van der Waals surface area (Å²) in [6.45, 7) is 5.77. The fourth-order valence-electron chi connectivity index (χ4n) is 3.60.